The fourth-order valence-corrected chi connectivity index (χ4v) is 1.21. The molecule has 0 aliphatic heterocycles. The summed E-state index contributed by atoms with van der Waals surface area (Å²) in [4.78, 5) is 10.2. The Hall–Kier alpha value is -1.92. The summed E-state index contributed by atoms with van der Waals surface area (Å²) in [5.74, 6) is -0.315. The van der Waals surface area contributed by atoms with Gasteiger partial charge in [0.1, 0.15) is 5.75 Å². The molecule has 94 valence electrons. The minimum absolute atomic E-state index is 0.130. The molecule has 17 heavy (non-hydrogen) atoms. The molecule has 2 N–H and O–H groups in total. The van der Waals surface area contributed by atoms with E-state index in [2.05, 4.69) is 10.1 Å². The van der Waals surface area contributed by atoms with E-state index in [9.17, 15) is 18.0 Å². The van der Waals surface area contributed by atoms with Crippen molar-refractivity contribution in [3.05, 3.63) is 29.8 Å². The minimum atomic E-state index is -4.72. The lowest BCUT2D eigenvalue weighted by molar-refractivity contribution is -0.274. The van der Waals surface area contributed by atoms with Gasteiger partial charge in [0.2, 0.25) is 0 Å². The molecule has 1 amide bonds. The van der Waals surface area contributed by atoms with E-state index in [1.165, 1.54) is 18.2 Å². The molecule has 1 aromatic carbocycles. The van der Waals surface area contributed by atoms with Gasteiger partial charge in [-0.2, -0.15) is 0 Å². The van der Waals surface area contributed by atoms with Crippen LogP contribution in [0.4, 0.5) is 18.0 Å². The summed E-state index contributed by atoms with van der Waals surface area (Å²) in [6.45, 7) is 0.130. The zero-order valence-corrected chi connectivity index (χ0v) is 8.62. The van der Waals surface area contributed by atoms with Crippen molar-refractivity contribution in [2.75, 3.05) is 6.54 Å². The third-order valence-corrected chi connectivity index (χ3v) is 1.82. The monoisotopic (exact) mass is 249 g/mol. The highest BCUT2D eigenvalue weighted by Crippen LogP contribution is 2.23. The van der Waals surface area contributed by atoms with E-state index in [0.29, 0.717) is 12.0 Å². The molecule has 0 saturated heterocycles. The number of halogens is 3. The second-order valence-electron chi connectivity index (χ2n) is 3.18. The maximum Gasteiger partial charge on any atom is 0.573 e. The molecule has 0 fully saturated rings. The molecule has 7 heteroatoms. The van der Waals surface area contributed by atoms with Crippen LogP contribution in [0.2, 0.25) is 0 Å². The molecule has 0 spiro atoms. The average Bonchev–Trinajstić information content (AvgIpc) is 2.14. The fraction of sp³-hybridized carbons (Fsp3) is 0.300. The van der Waals surface area contributed by atoms with Gasteiger partial charge in [0.15, 0.2) is 0 Å². The van der Waals surface area contributed by atoms with Gasteiger partial charge in [0.05, 0.1) is 0 Å². The van der Waals surface area contributed by atoms with Crippen molar-refractivity contribution in [3.8, 4) is 5.75 Å². The van der Waals surface area contributed by atoms with E-state index in [1.54, 1.807) is 6.07 Å². The molecule has 0 radical (unpaired) electrons. The Labute approximate surface area is 95.0 Å². The van der Waals surface area contributed by atoms with Crippen LogP contribution in [0.1, 0.15) is 5.56 Å². The van der Waals surface area contributed by atoms with Crippen LogP contribution in [0.25, 0.3) is 0 Å². The highest BCUT2D eigenvalue weighted by molar-refractivity contribution is 5.64. The van der Waals surface area contributed by atoms with Gasteiger partial charge >= 0.3 is 12.5 Å². The van der Waals surface area contributed by atoms with Gasteiger partial charge in [-0.05, 0) is 24.1 Å². The lowest BCUT2D eigenvalue weighted by Crippen LogP contribution is -2.23. The molecule has 1 rings (SSSR count). The standard InChI is InChI=1S/C10H10F3NO3/c11-10(12,13)17-8-3-1-2-7(6-8)4-5-14-9(15)16/h1-3,6,14H,4-5H2,(H,15,16). The highest BCUT2D eigenvalue weighted by Gasteiger charge is 2.31. The van der Waals surface area contributed by atoms with Crippen molar-refractivity contribution in [3.63, 3.8) is 0 Å². The summed E-state index contributed by atoms with van der Waals surface area (Å²) >= 11 is 0. The normalized spacial score (nSPS) is 11.0. The molecule has 4 nitrogen and oxygen atoms in total. The van der Waals surface area contributed by atoms with E-state index < -0.39 is 12.5 Å². The van der Waals surface area contributed by atoms with Crippen LogP contribution in [0.5, 0.6) is 5.75 Å². The molecule has 1 aromatic rings. The Bertz CT molecular complexity index is 393. The number of amides is 1. The Morgan fingerprint density at radius 3 is 2.71 bits per heavy atom. The maximum absolute atomic E-state index is 11.9. The Kier molecular flexibility index (Phi) is 4.19. The average molecular weight is 249 g/mol. The zero-order chi connectivity index (χ0) is 12.9. The summed E-state index contributed by atoms with van der Waals surface area (Å²) < 4.78 is 39.5. The number of alkyl halides is 3. The first-order valence-corrected chi connectivity index (χ1v) is 4.68. The quantitative estimate of drug-likeness (QED) is 0.861. The number of hydrogen-bond donors (Lipinski definition) is 2. The van der Waals surface area contributed by atoms with Crippen molar-refractivity contribution in [2.24, 2.45) is 0 Å². The Morgan fingerprint density at radius 1 is 1.41 bits per heavy atom. The van der Waals surface area contributed by atoms with Gasteiger partial charge in [-0.3, -0.25) is 0 Å². The van der Waals surface area contributed by atoms with Gasteiger partial charge in [-0.15, -0.1) is 13.2 Å². The molecule has 0 aromatic heterocycles. The first-order valence-electron chi connectivity index (χ1n) is 4.68. The van der Waals surface area contributed by atoms with Crippen LogP contribution in [0.15, 0.2) is 24.3 Å². The second-order valence-corrected chi connectivity index (χ2v) is 3.18. The number of hydrogen-bond acceptors (Lipinski definition) is 2. The van der Waals surface area contributed by atoms with Gasteiger partial charge in [0.25, 0.3) is 0 Å². The predicted octanol–water partition coefficient (Wildman–Crippen LogP) is 2.40. The van der Waals surface area contributed by atoms with E-state index in [1.807, 2.05) is 0 Å². The predicted molar refractivity (Wildman–Crippen MR) is 52.9 cm³/mol. The van der Waals surface area contributed by atoms with E-state index in [4.69, 9.17) is 5.11 Å². The van der Waals surface area contributed by atoms with Crippen molar-refractivity contribution in [1.29, 1.82) is 0 Å². The second kappa shape index (κ2) is 5.42. The smallest absolute Gasteiger partial charge is 0.465 e. The maximum atomic E-state index is 11.9. The molecule has 0 saturated carbocycles. The van der Waals surface area contributed by atoms with Gasteiger partial charge in [-0.1, -0.05) is 12.1 Å². The first kappa shape index (κ1) is 13.1. The summed E-state index contributed by atoms with van der Waals surface area (Å²) in [7, 11) is 0. The largest absolute Gasteiger partial charge is 0.573 e. The van der Waals surface area contributed by atoms with Gasteiger partial charge in [-0.25, -0.2) is 4.79 Å². The van der Waals surface area contributed by atoms with Crippen molar-refractivity contribution in [2.45, 2.75) is 12.8 Å². The van der Waals surface area contributed by atoms with Crippen molar-refractivity contribution < 1.29 is 27.8 Å². The topological polar surface area (TPSA) is 58.6 Å². The summed E-state index contributed by atoms with van der Waals surface area (Å²) in [6.07, 6.45) is -5.60. The van der Waals surface area contributed by atoms with Crippen LogP contribution < -0.4 is 10.1 Å². The van der Waals surface area contributed by atoms with Crippen LogP contribution in [0, 0.1) is 0 Å². The number of carbonyl (C=O) groups is 1. The first-order chi connectivity index (χ1) is 7.87. The van der Waals surface area contributed by atoms with E-state index in [-0.39, 0.29) is 12.3 Å². The molecule has 0 heterocycles. The summed E-state index contributed by atoms with van der Waals surface area (Å²) in [5, 5.41) is 10.4. The number of nitrogens with one attached hydrogen (secondary N) is 1. The summed E-state index contributed by atoms with van der Waals surface area (Å²) in [6, 6.07) is 5.41. The lowest BCUT2D eigenvalue weighted by atomic mass is 10.1. The Morgan fingerprint density at radius 2 is 2.12 bits per heavy atom. The third-order valence-electron chi connectivity index (χ3n) is 1.82. The van der Waals surface area contributed by atoms with Crippen molar-refractivity contribution in [1.82, 2.24) is 5.32 Å². The SMILES string of the molecule is O=C(O)NCCc1cccc(OC(F)(F)F)c1. The van der Waals surface area contributed by atoms with E-state index in [0.717, 1.165) is 0 Å². The molecular formula is C10H10F3NO3. The van der Waals surface area contributed by atoms with E-state index >= 15 is 0 Å². The van der Waals surface area contributed by atoms with Crippen LogP contribution in [-0.2, 0) is 6.42 Å². The lowest BCUT2D eigenvalue weighted by Gasteiger charge is -2.09. The number of rotatable bonds is 4. The van der Waals surface area contributed by atoms with Crippen LogP contribution >= 0.6 is 0 Å². The van der Waals surface area contributed by atoms with Gasteiger partial charge in [0, 0.05) is 6.54 Å². The molecule has 0 unspecified atom stereocenters. The molecule has 0 aliphatic carbocycles. The molecule has 0 atom stereocenters. The zero-order valence-electron chi connectivity index (χ0n) is 8.62. The number of carboxylic acid groups (broad SMARTS) is 1. The van der Waals surface area contributed by atoms with Gasteiger partial charge < -0.3 is 15.2 Å². The fourth-order valence-electron chi connectivity index (χ4n) is 1.21. The molecule has 0 aliphatic rings. The molecular weight excluding hydrogens is 239 g/mol. The number of ether oxygens (including phenoxy) is 1. The number of benzene rings is 1. The van der Waals surface area contributed by atoms with Crippen LogP contribution in [0.3, 0.4) is 0 Å². The minimum Gasteiger partial charge on any atom is -0.465 e. The third kappa shape index (κ3) is 5.64. The highest BCUT2D eigenvalue weighted by atomic mass is 19.4. The Balaban J connectivity index is 2.57. The van der Waals surface area contributed by atoms with Crippen molar-refractivity contribution >= 4 is 6.09 Å². The summed E-state index contributed by atoms with van der Waals surface area (Å²) in [5.41, 5.74) is 0.556. The molecule has 0 bridgehead atoms. The van der Waals surface area contributed by atoms with Crippen LogP contribution in [-0.4, -0.2) is 24.1 Å².